The highest BCUT2D eigenvalue weighted by atomic mass is 16.6. The van der Waals surface area contributed by atoms with Crippen LogP contribution in [0.4, 0.5) is 0 Å². The molecule has 5 nitrogen and oxygen atoms in total. The van der Waals surface area contributed by atoms with Gasteiger partial charge in [0.15, 0.2) is 0 Å². The molecule has 0 radical (unpaired) electrons. The summed E-state index contributed by atoms with van der Waals surface area (Å²) in [7, 11) is 0. The fraction of sp³-hybridized carbons (Fsp3) is 0.933. The zero-order valence-electron chi connectivity index (χ0n) is 11.7. The van der Waals surface area contributed by atoms with Crippen molar-refractivity contribution >= 4 is 5.97 Å². The summed E-state index contributed by atoms with van der Waals surface area (Å²) in [4.78, 5) is 11.4. The van der Waals surface area contributed by atoms with Crippen LogP contribution < -0.4 is 0 Å². The molecule has 0 saturated carbocycles. The Balaban J connectivity index is 1.48. The molecule has 20 heavy (non-hydrogen) atoms. The van der Waals surface area contributed by atoms with Crippen LogP contribution in [0.15, 0.2) is 0 Å². The maximum Gasteiger partial charge on any atom is 0.308 e. The first-order chi connectivity index (χ1) is 9.79. The average molecular weight is 282 g/mol. The van der Waals surface area contributed by atoms with E-state index in [0.29, 0.717) is 6.42 Å². The maximum absolute atomic E-state index is 11.4. The lowest BCUT2D eigenvalue weighted by Crippen LogP contribution is -2.38. The van der Waals surface area contributed by atoms with Crippen LogP contribution in [-0.4, -0.2) is 49.2 Å². The number of carbonyl (C=O) groups is 1. The number of fused-ring (bicyclic) bond motifs is 3. The molecule has 4 aliphatic rings. The molecule has 4 aliphatic heterocycles. The van der Waals surface area contributed by atoms with Crippen molar-refractivity contribution in [1.82, 2.24) is 0 Å². The van der Waals surface area contributed by atoms with E-state index in [4.69, 9.17) is 18.9 Å². The van der Waals surface area contributed by atoms with E-state index in [1.165, 1.54) is 0 Å². The topological polar surface area (TPSA) is 54.0 Å². The Morgan fingerprint density at radius 2 is 1.40 bits per heavy atom. The fourth-order valence-electron chi connectivity index (χ4n) is 4.00. The summed E-state index contributed by atoms with van der Waals surface area (Å²) in [6.07, 6.45) is 6.87. The van der Waals surface area contributed by atoms with Gasteiger partial charge in [0.05, 0.1) is 30.8 Å². The van der Waals surface area contributed by atoms with Crippen molar-refractivity contribution in [2.75, 3.05) is 6.61 Å². The molecule has 4 fully saturated rings. The number of rotatable bonds is 0. The van der Waals surface area contributed by atoms with E-state index < -0.39 is 0 Å². The smallest absolute Gasteiger partial charge is 0.308 e. The first kappa shape index (κ1) is 13.0. The first-order valence-electron chi connectivity index (χ1n) is 7.91. The lowest BCUT2D eigenvalue weighted by molar-refractivity contribution is -0.145. The first-order valence-corrected chi connectivity index (χ1v) is 7.91. The van der Waals surface area contributed by atoms with Crippen molar-refractivity contribution in [3.05, 3.63) is 0 Å². The molecule has 0 aromatic heterocycles. The van der Waals surface area contributed by atoms with E-state index in [2.05, 4.69) is 0 Å². The molecule has 6 atom stereocenters. The van der Waals surface area contributed by atoms with Crippen molar-refractivity contribution in [2.24, 2.45) is 0 Å². The van der Waals surface area contributed by atoms with Crippen molar-refractivity contribution in [2.45, 2.75) is 81.6 Å². The number of carbonyl (C=O) groups excluding carboxylic acids is 1. The lowest BCUT2D eigenvalue weighted by atomic mass is 10.0. The van der Waals surface area contributed by atoms with Crippen LogP contribution in [0.3, 0.4) is 0 Å². The van der Waals surface area contributed by atoms with E-state index in [-0.39, 0.29) is 42.6 Å². The standard InChI is InChI=1S/C15H22O5/c16-15-8-14-13(20-15)6-5-11-12(19-14)4-3-9-10(18-11)2-1-7-17-9/h9-14H,1-8H2/t9-,10+,11-,12+,13-,14-/m1/s1. The highest BCUT2D eigenvalue weighted by molar-refractivity contribution is 5.72. The summed E-state index contributed by atoms with van der Waals surface area (Å²) < 4.78 is 23.7. The normalized spacial score (nSPS) is 48.3. The van der Waals surface area contributed by atoms with Crippen molar-refractivity contribution in [3.8, 4) is 0 Å². The summed E-state index contributed by atoms with van der Waals surface area (Å²) in [5, 5.41) is 0. The van der Waals surface area contributed by atoms with Gasteiger partial charge in [0, 0.05) is 6.61 Å². The molecule has 4 saturated heterocycles. The van der Waals surface area contributed by atoms with Gasteiger partial charge in [-0.25, -0.2) is 0 Å². The van der Waals surface area contributed by atoms with Gasteiger partial charge < -0.3 is 18.9 Å². The predicted molar refractivity (Wildman–Crippen MR) is 69.3 cm³/mol. The minimum Gasteiger partial charge on any atom is -0.460 e. The fourth-order valence-corrected chi connectivity index (χ4v) is 4.00. The molecular weight excluding hydrogens is 260 g/mol. The summed E-state index contributed by atoms with van der Waals surface area (Å²) in [6, 6.07) is 0. The molecule has 0 N–H and O–H groups in total. The largest absolute Gasteiger partial charge is 0.460 e. The molecule has 0 aliphatic carbocycles. The Labute approximate surface area is 118 Å². The highest BCUT2D eigenvalue weighted by Gasteiger charge is 2.45. The third-order valence-electron chi connectivity index (χ3n) is 5.03. The maximum atomic E-state index is 11.4. The molecule has 0 spiro atoms. The van der Waals surface area contributed by atoms with Crippen LogP contribution in [0.2, 0.25) is 0 Å². The zero-order valence-corrected chi connectivity index (χ0v) is 11.7. The number of hydrogen-bond acceptors (Lipinski definition) is 5. The van der Waals surface area contributed by atoms with Gasteiger partial charge in [0.25, 0.3) is 0 Å². The molecule has 0 aromatic rings. The molecule has 112 valence electrons. The lowest BCUT2D eigenvalue weighted by Gasteiger charge is -2.32. The second-order valence-corrected chi connectivity index (χ2v) is 6.36. The van der Waals surface area contributed by atoms with Gasteiger partial charge in [-0.1, -0.05) is 0 Å². The van der Waals surface area contributed by atoms with Gasteiger partial charge in [-0.3, -0.25) is 4.79 Å². The second-order valence-electron chi connectivity index (χ2n) is 6.36. The van der Waals surface area contributed by atoms with E-state index >= 15 is 0 Å². The Hall–Kier alpha value is -0.650. The highest BCUT2D eigenvalue weighted by Crippen LogP contribution is 2.36. The Kier molecular flexibility index (Phi) is 3.44. The molecule has 0 bridgehead atoms. The summed E-state index contributed by atoms with van der Waals surface area (Å²) in [5.41, 5.74) is 0. The number of esters is 1. The van der Waals surface area contributed by atoms with Crippen LogP contribution in [0.25, 0.3) is 0 Å². The minimum atomic E-state index is -0.120. The molecule has 4 rings (SSSR count). The minimum absolute atomic E-state index is 0.0589. The summed E-state index contributed by atoms with van der Waals surface area (Å²) in [5.74, 6) is -0.120. The van der Waals surface area contributed by atoms with Gasteiger partial charge in [-0.15, -0.1) is 0 Å². The van der Waals surface area contributed by atoms with E-state index in [1.54, 1.807) is 0 Å². The Morgan fingerprint density at radius 3 is 2.25 bits per heavy atom. The zero-order chi connectivity index (χ0) is 13.5. The molecule has 0 amide bonds. The third-order valence-corrected chi connectivity index (χ3v) is 5.03. The van der Waals surface area contributed by atoms with Crippen LogP contribution in [0.5, 0.6) is 0 Å². The Bertz CT molecular complexity index is 384. The van der Waals surface area contributed by atoms with Gasteiger partial charge in [-0.2, -0.15) is 0 Å². The monoisotopic (exact) mass is 282 g/mol. The van der Waals surface area contributed by atoms with Crippen molar-refractivity contribution < 1.29 is 23.7 Å². The number of ether oxygens (including phenoxy) is 4. The van der Waals surface area contributed by atoms with Gasteiger partial charge in [-0.05, 0) is 38.5 Å². The molecule has 4 heterocycles. The van der Waals surface area contributed by atoms with Gasteiger partial charge in [0.1, 0.15) is 12.2 Å². The predicted octanol–water partition coefficient (Wildman–Crippen LogP) is 1.58. The average Bonchev–Trinajstić information content (AvgIpc) is 2.61. The molecule has 0 aromatic carbocycles. The summed E-state index contributed by atoms with van der Waals surface area (Å²) >= 11 is 0. The van der Waals surface area contributed by atoms with Crippen LogP contribution in [-0.2, 0) is 23.7 Å². The molecule has 0 unspecified atom stereocenters. The van der Waals surface area contributed by atoms with Crippen LogP contribution >= 0.6 is 0 Å². The van der Waals surface area contributed by atoms with Gasteiger partial charge in [0.2, 0.25) is 0 Å². The second kappa shape index (κ2) is 5.28. The quantitative estimate of drug-likeness (QED) is 0.631. The molecular formula is C15H22O5. The van der Waals surface area contributed by atoms with Crippen LogP contribution in [0.1, 0.15) is 44.9 Å². The van der Waals surface area contributed by atoms with Gasteiger partial charge >= 0.3 is 5.97 Å². The van der Waals surface area contributed by atoms with E-state index in [0.717, 1.165) is 45.1 Å². The summed E-state index contributed by atoms with van der Waals surface area (Å²) in [6.45, 7) is 0.855. The van der Waals surface area contributed by atoms with Crippen LogP contribution in [0, 0.1) is 0 Å². The number of hydrogen-bond donors (Lipinski definition) is 0. The third kappa shape index (κ3) is 2.36. The van der Waals surface area contributed by atoms with E-state index in [1.807, 2.05) is 0 Å². The Morgan fingerprint density at radius 1 is 0.750 bits per heavy atom. The van der Waals surface area contributed by atoms with Crippen molar-refractivity contribution in [1.29, 1.82) is 0 Å². The SMILES string of the molecule is O=C1C[C@H]2O[C@H]3CC[C@H]4OCCC[C@@H]4O[C@@H]3CC[C@H]2O1. The molecule has 5 heteroatoms. The van der Waals surface area contributed by atoms with Crippen molar-refractivity contribution in [3.63, 3.8) is 0 Å². The van der Waals surface area contributed by atoms with E-state index in [9.17, 15) is 4.79 Å².